The molecule has 0 N–H and O–H groups in total. The summed E-state index contributed by atoms with van der Waals surface area (Å²) in [6.07, 6.45) is 4.15. The molecule has 0 aliphatic carbocycles. The quantitative estimate of drug-likeness (QED) is 0.689. The molecule has 0 spiro atoms. The van der Waals surface area contributed by atoms with Crippen molar-refractivity contribution in [2.45, 2.75) is 6.07 Å². The highest BCUT2D eigenvalue weighted by Gasteiger charge is 2.21. The van der Waals surface area contributed by atoms with Gasteiger partial charge >= 0.3 is 0 Å². The topological polar surface area (TPSA) is 15.7 Å². The molecule has 1 aromatic rings. The molecule has 0 amide bonds. The molecular formula is C12H16BN2O. The fraction of sp³-hybridized carbons (Fsp3) is 0.333. The van der Waals surface area contributed by atoms with Crippen molar-refractivity contribution in [1.29, 1.82) is 0 Å². The Morgan fingerprint density at radius 3 is 2.12 bits per heavy atom. The van der Waals surface area contributed by atoms with E-state index in [0.717, 1.165) is 5.75 Å². The van der Waals surface area contributed by atoms with Gasteiger partial charge in [0.2, 0.25) is 7.28 Å². The fourth-order valence-electron chi connectivity index (χ4n) is 1.80. The Hall–Kier alpha value is -1.58. The molecule has 4 heteroatoms. The van der Waals surface area contributed by atoms with Crippen molar-refractivity contribution in [1.82, 2.24) is 9.80 Å². The highest BCUT2D eigenvalue weighted by molar-refractivity contribution is 6.55. The number of methoxy groups -OCH3 is 1. The summed E-state index contributed by atoms with van der Waals surface area (Å²) in [5, 5.41) is 0. The van der Waals surface area contributed by atoms with Crippen molar-refractivity contribution < 1.29 is 4.74 Å². The Labute approximate surface area is 97.5 Å². The molecule has 16 heavy (non-hydrogen) atoms. The summed E-state index contributed by atoms with van der Waals surface area (Å²) in [5.74, 6) is 0.892. The van der Waals surface area contributed by atoms with Crippen LogP contribution in [0.1, 0.15) is 0 Å². The van der Waals surface area contributed by atoms with Gasteiger partial charge in [-0.25, -0.2) is 0 Å². The molecule has 1 aromatic carbocycles. The highest BCUT2D eigenvalue weighted by atomic mass is 16.5. The Balaban J connectivity index is 2.03. The molecule has 83 valence electrons. The lowest BCUT2D eigenvalue weighted by Crippen LogP contribution is -2.44. The van der Waals surface area contributed by atoms with Gasteiger partial charge in [-0.1, -0.05) is 17.6 Å². The first-order valence-corrected chi connectivity index (χ1v) is 5.32. The summed E-state index contributed by atoms with van der Waals surface area (Å²) < 4.78 is 5.13. The summed E-state index contributed by atoms with van der Waals surface area (Å²) in [6.45, 7) is 0. The molecule has 1 heterocycles. The van der Waals surface area contributed by atoms with E-state index in [2.05, 4.69) is 55.7 Å². The van der Waals surface area contributed by atoms with E-state index in [4.69, 9.17) is 4.74 Å². The summed E-state index contributed by atoms with van der Waals surface area (Å²) in [4.78, 5) is 4.34. The molecule has 0 saturated heterocycles. The second-order valence-corrected chi connectivity index (χ2v) is 3.98. The van der Waals surface area contributed by atoms with Crippen molar-refractivity contribution >= 4 is 12.7 Å². The molecule has 1 aliphatic rings. The number of nitrogens with zero attached hydrogens (tertiary/aromatic N) is 2. The van der Waals surface area contributed by atoms with Gasteiger partial charge < -0.3 is 14.5 Å². The van der Waals surface area contributed by atoms with Crippen molar-refractivity contribution in [3.05, 3.63) is 36.7 Å². The maximum atomic E-state index is 5.13. The van der Waals surface area contributed by atoms with Crippen LogP contribution in [0.5, 0.6) is 5.75 Å². The molecule has 3 nitrogen and oxygen atoms in total. The van der Waals surface area contributed by atoms with E-state index in [0.29, 0.717) is 6.07 Å². The number of benzene rings is 1. The van der Waals surface area contributed by atoms with Crippen LogP contribution in [-0.2, 0) is 0 Å². The molecule has 1 radical (unpaired) electrons. The van der Waals surface area contributed by atoms with Crippen LogP contribution in [0, 0.1) is 0 Å². The summed E-state index contributed by atoms with van der Waals surface area (Å²) in [7, 11) is 8.05. The van der Waals surface area contributed by atoms with E-state index in [1.807, 2.05) is 12.1 Å². The predicted octanol–water partition coefficient (Wildman–Crippen LogP) is 0.657. The summed E-state index contributed by atoms with van der Waals surface area (Å²) >= 11 is 0. The second-order valence-electron chi connectivity index (χ2n) is 3.98. The second kappa shape index (κ2) is 4.52. The third-order valence-corrected chi connectivity index (χ3v) is 2.83. The van der Waals surface area contributed by atoms with Gasteiger partial charge in [0.15, 0.2) is 0 Å². The Kier molecular flexibility index (Phi) is 3.08. The predicted molar refractivity (Wildman–Crippen MR) is 66.8 cm³/mol. The molecular weight excluding hydrogens is 199 g/mol. The van der Waals surface area contributed by atoms with Gasteiger partial charge in [0.05, 0.1) is 13.2 Å². The maximum absolute atomic E-state index is 5.13. The standard InChI is InChI=1S/C12H16BN2O/c1-14-8-9-15(2)12(14)13-10-4-6-11(16-3)7-5-10/h4-9,12H,1-3H3. The minimum absolute atomic E-state index is 0.299. The monoisotopic (exact) mass is 215 g/mol. The number of hydrogen-bond acceptors (Lipinski definition) is 3. The van der Waals surface area contributed by atoms with Crippen molar-refractivity contribution in [2.75, 3.05) is 21.2 Å². The minimum Gasteiger partial charge on any atom is -0.497 e. The molecule has 0 fully saturated rings. The molecule has 0 saturated carbocycles. The first-order chi connectivity index (χ1) is 7.70. The number of hydrogen-bond donors (Lipinski definition) is 0. The van der Waals surface area contributed by atoms with Crippen LogP contribution in [0.3, 0.4) is 0 Å². The fourth-order valence-corrected chi connectivity index (χ4v) is 1.80. The highest BCUT2D eigenvalue weighted by Crippen LogP contribution is 2.11. The first kappa shape index (κ1) is 10.9. The first-order valence-electron chi connectivity index (χ1n) is 5.32. The SMILES string of the molecule is COc1ccc([B]C2N(C)C=CN2C)cc1. The van der Waals surface area contributed by atoms with E-state index in [1.165, 1.54) is 5.46 Å². The molecule has 0 bridgehead atoms. The van der Waals surface area contributed by atoms with Gasteiger partial charge in [0, 0.05) is 26.5 Å². The third kappa shape index (κ3) is 2.16. The van der Waals surface area contributed by atoms with Crippen molar-refractivity contribution in [2.24, 2.45) is 0 Å². The Bertz CT molecular complexity index is 365. The van der Waals surface area contributed by atoms with E-state index in [-0.39, 0.29) is 0 Å². The lowest BCUT2D eigenvalue weighted by Gasteiger charge is -2.27. The Morgan fingerprint density at radius 1 is 1.06 bits per heavy atom. The number of rotatable bonds is 3. The van der Waals surface area contributed by atoms with Crippen molar-refractivity contribution in [3.63, 3.8) is 0 Å². The lowest BCUT2D eigenvalue weighted by molar-refractivity contribution is 0.290. The van der Waals surface area contributed by atoms with Crippen molar-refractivity contribution in [3.8, 4) is 5.75 Å². The van der Waals surface area contributed by atoms with E-state index < -0.39 is 0 Å². The van der Waals surface area contributed by atoms with Crippen LogP contribution in [0.25, 0.3) is 0 Å². The van der Waals surface area contributed by atoms with Gasteiger partial charge in [-0.05, 0) is 12.1 Å². The zero-order valence-electron chi connectivity index (χ0n) is 9.92. The summed E-state index contributed by atoms with van der Waals surface area (Å²) in [5.41, 5.74) is 1.20. The van der Waals surface area contributed by atoms with Crippen LogP contribution in [-0.4, -0.2) is 44.3 Å². The largest absolute Gasteiger partial charge is 0.497 e. The smallest absolute Gasteiger partial charge is 0.208 e. The normalized spacial score (nSPS) is 15.7. The van der Waals surface area contributed by atoms with E-state index in [1.54, 1.807) is 7.11 Å². The van der Waals surface area contributed by atoms with Crippen LogP contribution in [0.15, 0.2) is 36.7 Å². The van der Waals surface area contributed by atoms with E-state index >= 15 is 0 Å². The zero-order chi connectivity index (χ0) is 11.5. The Morgan fingerprint density at radius 2 is 1.62 bits per heavy atom. The summed E-state index contributed by atoms with van der Waals surface area (Å²) in [6, 6.07) is 8.40. The molecule has 0 atom stereocenters. The van der Waals surface area contributed by atoms with Crippen LogP contribution in [0.2, 0.25) is 0 Å². The van der Waals surface area contributed by atoms with Gasteiger partial charge in [0.25, 0.3) is 0 Å². The minimum atomic E-state index is 0.299. The van der Waals surface area contributed by atoms with Crippen LogP contribution < -0.4 is 10.2 Å². The van der Waals surface area contributed by atoms with Gasteiger partial charge in [0.1, 0.15) is 5.75 Å². The lowest BCUT2D eigenvalue weighted by atomic mass is 9.66. The van der Waals surface area contributed by atoms with Crippen LogP contribution in [0.4, 0.5) is 0 Å². The zero-order valence-corrected chi connectivity index (χ0v) is 9.92. The molecule has 1 aliphatic heterocycles. The molecule has 2 rings (SSSR count). The maximum Gasteiger partial charge on any atom is 0.208 e. The van der Waals surface area contributed by atoms with Gasteiger partial charge in [-0.3, -0.25) is 0 Å². The molecule has 0 aromatic heterocycles. The van der Waals surface area contributed by atoms with Gasteiger partial charge in [-0.15, -0.1) is 0 Å². The average molecular weight is 215 g/mol. The third-order valence-electron chi connectivity index (χ3n) is 2.83. The van der Waals surface area contributed by atoms with Crippen LogP contribution >= 0.6 is 0 Å². The number of ether oxygens (including phenoxy) is 1. The molecule has 0 unspecified atom stereocenters. The van der Waals surface area contributed by atoms with E-state index in [9.17, 15) is 0 Å². The van der Waals surface area contributed by atoms with Gasteiger partial charge in [-0.2, -0.15) is 0 Å². The average Bonchev–Trinajstić information content (AvgIpc) is 2.62.